The Balaban J connectivity index is 1.65. The van der Waals surface area contributed by atoms with Crippen molar-refractivity contribution in [2.45, 2.75) is 6.92 Å². The molecule has 5 heteroatoms. The maximum atomic E-state index is 12.0. The Hall–Kier alpha value is -2.92. The molecular formula is C20H18N2O2S. The average molecular weight is 350 g/mol. The summed E-state index contributed by atoms with van der Waals surface area (Å²) in [6.07, 6.45) is 3.21. The number of nitrogens with one attached hydrogen (secondary N) is 1. The molecule has 0 aliphatic heterocycles. The lowest BCUT2D eigenvalue weighted by Gasteiger charge is -2.02. The summed E-state index contributed by atoms with van der Waals surface area (Å²) in [6, 6.07) is 15.4. The van der Waals surface area contributed by atoms with Crippen molar-refractivity contribution in [1.29, 1.82) is 0 Å². The monoisotopic (exact) mass is 350 g/mol. The summed E-state index contributed by atoms with van der Waals surface area (Å²) in [7, 11) is 1.64. The Morgan fingerprint density at radius 3 is 2.72 bits per heavy atom. The van der Waals surface area contributed by atoms with Crippen LogP contribution in [0.3, 0.4) is 0 Å². The maximum Gasteiger partial charge on any atom is 0.248 e. The molecule has 1 heterocycles. The van der Waals surface area contributed by atoms with E-state index < -0.39 is 0 Å². The van der Waals surface area contributed by atoms with Crippen LogP contribution in [0.25, 0.3) is 16.6 Å². The van der Waals surface area contributed by atoms with Crippen molar-refractivity contribution in [3.63, 3.8) is 0 Å². The SMILES string of the molecule is COc1ccc(-c2nc(C=CC(=O)Nc3cccc(C)c3)cs2)cc1. The second-order valence-corrected chi connectivity index (χ2v) is 6.36. The van der Waals surface area contributed by atoms with Gasteiger partial charge in [-0.3, -0.25) is 4.79 Å². The van der Waals surface area contributed by atoms with E-state index in [1.165, 1.54) is 17.4 Å². The molecule has 0 radical (unpaired) electrons. The number of hydrogen-bond donors (Lipinski definition) is 1. The summed E-state index contributed by atoms with van der Waals surface area (Å²) >= 11 is 1.54. The second-order valence-electron chi connectivity index (χ2n) is 5.50. The number of carbonyl (C=O) groups is 1. The van der Waals surface area contributed by atoms with Crippen molar-refractivity contribution in [3.05, 3.63) is 71.2 Å². The molecule has 3 rings (SSSR count). The molecule has 0 unspecified atom stereocenters. The van der Waals surface area contributed by atoms with E-state index in [-0.39, 0.29) is 5.91 Å². The first kappa shape index (κ1) is 16.9. The first-order chi connectivity index (χ1) is 12.1. The molecule has 0 atom stereocenters. The number of anilines is 1. The first-order valence-electron chi connectivity index (χ1n) is 7.80. The van der Waals surface area contributed by atoms with E-state index in [2.05, 4.69) is 10.3 Å². The van der Waals surface area contributed by atoms with E-state index in [1.54, 1.807) is 13.2 Å². The van der Waals surface area contributed by atoms with Gasteiger partial charge in [-0.2, -0.15) is 0 Å². The molecule has 0 saturated heterocycles. The number of nitrogens with zero attached hydrogens (tertiary/aromatic N) is 1. The third kappa shape index (κ3) is 4.55. The lowest BCUT2D eigenvalue weighted by atomic mass is 10.2. The van der Waals surface area contributed by atoms with Gasteiger partial charge in [0.15, 0.2) is 0 Å². The number of aryl methyl sites for hydroxylation is 1. The maximum absolute atomic E-state index is 12.0. The number of hydrogen-bond acceptors (Lipinski definition) is 4. The van der Waals surface area contributed by atoms with Crippen molar-refractivity contribution in [2.24, 2.45) is 0 Å². The number of methoxy groups -OCH3 is 1. The lowest BCUT2D eigenvalue weighted by Crippen LogP contribution is -2.07. The van der Waals surface area contributed by atoms with E-state index >= 15 is 0 Å². The quantitative estimate of drug-likeness (QED) is 0.674. The van der Waals surface area contributed by atoms with Crippen LogP contribution in [-0.4, -0.2) is 18.0 Å². The topological polar surface area (TPSA) is 51.2 Å². The lowest BCUT2D eigenvalue weighted by molar-refractivity contribution is -0.111. The molecule has 0 bridgehead atoms. The molecule has 1 N–H and O–H groups in total. The summed E-state index contributed by atoms with van der Waals surface area (Å²) in [5, 5.41) is 5.67. The summed E-state index contributed by atoms with van der Waals surface area (Å²) in [5.41, 5.74) is 3.67. The largest absolute Gasteiger partial charge is 0.497 e. The van der Waals surface area contributed by atoms with E-state index in [1.807, 2.05) is 60.8 Å². The summed E-state index contributed by atoms with van der Waals surface area (Å²) in [5.74, 6) is 0.637. The third-order valence-electron chi connectivity index (χ3n) is 3.55. The highest BCUT2D eigenvalue weighted by molar-refractivity contribution is 7.13. The Morgan fingerprint density at radius 2 is 2.00 bits per heavy atom. The molecule has 3 aromatic rings. The highest BCUT2D eigenvalue weighted by Crippen LogP contribution is 2.26. The molecule has 0 fully saturated rings. The van der Waals surface area contributed by atoms with Crippen LogP contribution in [0.5, 0.6) is 5.75 Å². The number of ether oxygens (including phenoxy) is 1. The zero-order chi connectivity index (χ0) is 17.6. The zero-order valence-corrected chi connectivity index (χ0v) is 14.8. The van der Waals surface area contributed by atoms with Crippen molar-refractivity contribution < 1.29 is 9.53 Å². The van der Waals surface area contributed by atoms with Gasteiger partial charge in [-0.15, -0.1) is 11.3 Å². The molecule has 0 spiro atoms. The molecule has 0 saturated carbocycles. The van der Waals surface area contributed by atoms with Gasteiger partial charge >= 0.3 is 0 Å². The molecule has 0 aliphatic rings. The number of benzene rings is 2. The fraction of sp³-hybridized carbons (Fsp3) is 0.100. The van der Waals surface area contributed by atoms with Crippen LogP contribution in [0.4, 0.5) is 5.69 Å². The van der Waals surface area contributed by atoms with E-state index in [0.29, 0.717) is 0 Å². The summed E-state index contributed by atoms with van der Waals surface area (Å²) < 4.78 is 5.16. The minimum Gasteiger partial charge on any atom is -0.497 e. The number of aromatic nitrogens is 1. The van der Waals surface area contributed by atoms with Gasteiger partial charge in [0.1, 0.15) is 10.8 Å². The highest BCUT2D eigenvalue weighted by Gasteiger charge is 2.04. The molecule has 25 heavy (non-hydrogen) atoms. The van der Waals surface area contributed by atoms with Gasteiger partial charge < -0.3 is 10.1 Å². The molecule has 1 amide bonds. The van der Waals surface area contributed by atoms with Gasteiger partial charge in [-0.25, -0.2) is 4.98 Å². The molecular weight excluding hydrogens is 332 g/mol. The predicted molar refractivity (Wildman–Crippen MR) is 103 cm³/mol. The van der Waals surface area contributed by atoms with Crippen molar-refractivity contribution in [1.82, 2.24) is 4.98 Å². The number of amides is 1. The van der Waals surface area contributed by atoms with Crippen LogP contribution in [0.2, 0.25) is 0 Å². The fourth-order valence-electron chi connectivity index (χ4n) is 2.30. The second kappa shape index (κ2) is 7.77. The normalized spacial score (nSPS) is 10.8. The molecule has 4 nitrogen and oxygen atoms in total. The van der Waals surface area contributed by atoms with E-state index in [9.17, 15) is 4.79 Å². The minimum atomic E-state index is -0.176. The van der Waals surface area contributed by atoms with Gasteiger partial charge in [0.05, 0.1) is 12.8 Å². The van der Waals surface area contributed by atoms with Crippen LogP contribution in [0.1, 0.15) is 11.3 Å². The molecule has 0 aliphatic carbocycles. The smallest absolute Gasteiger partial charge is 0.248 e. The number of rotatable bonds is 5. The van der Waals surface area contributed by atoms with Gasteiger partial charge in [0.25, 0.3) is 0 Å². The van der Waals surface area contributed by atoms with Gasteiger partial charge in [-0.05, 0) is 55.0 Å². The Kier molecular flexibility index (Phi) is 5.26. The Labute approximate surface area is 150 Å². The molecule has 2 aromatic carbocycles. The number of carbonyl (C=O) groups excluding carboxylic acids is 1. The average Bonchev–Trinajstić information content (AvgIpc) is 3.09. The zero-order valence-electron chi connectivity index (χ0n) is 14.0. The summed E-state index contributed by atoms with van der Waals surface area (Å²) in [6.45, 7) is 1.99. The van der Waals surface area contributed by atoms with Crippen molar-refractivity contribution >= 4 is 29.0 Å². The van der Waals surface area contributed by atoms with E-state index in [0.717, 1.165) is 33.3 Å². The van der Waals surface area contributed by atoms with Gasteiger partial charge in [0.2, 0.25) is 5.91 Å². The number of thiazole rings is 1. The summed E-state index contributed by atoms with van der Waals surface area (Å²) in [4.78, 5) is 16.5. The van der Waals surface area contributed by atoms with E-state index in [4.69, 9.17) is 4.74 Å². The predicted octanol–water partition coefficient (Wildman–Crippen LogP) is 4.78. The minimum absolute atomic E-state index is 0.176. The third-order valence-corrected chi connectivity index (χ3v) is 4.46. The van der Waals surface area contributed by atoms with Gasteiger partial charge in [0, 0.05) is 22.7 Å². The fourth-order valence-corrected chi connectivity index (χ4v) is 3.09. The molecule has 1 aromatic heterocycles. The highest BCUT2D eigenvalue weighted by atomic mass is 32.1. The van der Waals surface area contributed by atoms with Crippen LogP contribution in [0, 0.1) is 6.92 Å². The van der Waals surface area contributed by atoms with Crippen LogP contribution in [0.15, 0.2) is 60.0 Å². The van der Waals surface area contributed by atoms with Crippen molar-refractivity contribution in [3.8, 4) is 16.3 Å². The molecule has 126 valence electrons. The van der Waals surface area contributed by atoms with Crippen LogP contribution >= 0.6 is 11.3 Å². The standard InChI is InChI=1S/C20H18N2O2S/c1-14-4-3-5-16(12-14)21-19(23)11-8-17-13-25-20(22-17)15-6-9-18(24-2)10-7-15/h3-13H,1-2H3,(H,21,23). The Bertz CT molecular complexity index is 898. The Morgan fingerprint density at radius 1 is 1.20 bits per heavy atom. The van der Waals surface area contributed by atoms with Crippen LogP contribution < -0.4 is 10.1 Å². The van der Waals surface area contributed by atoms with Gasteiger partial charge in [-0.1, -0.05) is 12.1 Å². The van der Waals surface area contributed by atoms with Crippen LogP contribution in [-0.2, 0) is 4.79 Å². The van der Waals surface area contributed by atoms with Crippen molar-refractivity contribution in [2.75, 3.05) is 12.4 Å². The first-order valence-corrected chi connectivity index (χ1v) is 8.68.